The van der Waals surface area contributed by atoms with Crippen molar-refractivity contribution < 1.29 is 19.5 Å². The van der Waals surface area contributed by atoms with Crippen LogP contribution in [0.1, 0.15) is 58.1 Å². The minimum atomic E-state index is -0.958. The molecule has 0 heterocycles. The lowest BCUT2D eigenvalue weighted by molar-refractivity contribution is -0.139. The summed E-state index contributed by atoms with van der Waals surface area (Å²) in [5, 5.41) is 15.3. The molecule has 2 amide bonds. The van der Waals surface area contributed by atoms with Gasteiger partial charge < -0.3 is 15.7 Å². The van der Waals surface area contributed by atoms with Gasteiger partial charge in [0, 0.05) is 17.5 Å². The Balaban J connectivity index is 2.91. The van der Waals surface area contributed by atoms with E-state index in [4.69, 9.17) is 16.7 Å². The monoisotopic (exact) mass is 368 g/mol. The molecule has 0 saturated heterocycles. The molecule has 0 spiro atoms. The van der Waals surface area contributed by atoms with Crippen molar-refractivity contribution in [3.63, 3.8) is 0 Å². The molecule has 1 atom stereocenters. The van der Waals surface area contributed by atoms with Gasteiger partial charge in [0.1, 0.15) is 0 Å². The third-order valence-corrected chi connectivity index (χ3v) is 4.54. The highest BCUT2D eigenvalue weighted by Gasteiger charge is 2.31. The van der Waals surface area contributed by atoms with Crippen LogP contribution in [0, 0.1) is 0 Å². The Bertz CT molecular complexity index is 612. The molecule has 25 heavy (non-hydrogen) atoms. The lowest BCUT2D eigenvalue weighted by Gasteiger charge is -2.32. The number of carboxylic acid groups (broad SMARTS) is 1. The second-order valence-corrected chi connectivity index (χ2v) is 6.55. The summed E-state index contributed by atoms with van der Waals surface area (Å²) >= 11 is 5.88. The molecule has 0 bridgehead atoms. The SMILES string of the molecule is CCC(CC)(CC(=O)O)NC(=O)CC(NC(C)=O)c1ccc(Cl)cc1. The van der Waals surface area contributed by atoms with E-state index >= 15 is 0 Å². The zero-order valence-corrected chi connectivity index (χ0v) is 15.5. The summed E-state index contributed by atoms with van der Waals surface area (Å²) in [5.74, 6) is -1.52. The Morgan fingerprint density at radius 2 is 1.72 bits per heavy atom. The smallest absolute Gasteiger partial charge is 0.305 e. The Kier molecular flexibility index (Phi) is 7.90. The standard InChI is InChI=1S/C18H25ClN2O4/c1-4-18(5-2,11-17(24)25)21-16(23)10-15(20-12(3)22)13-6-8-14(19)9-7-13/h6-9,15H,4-5,10-11H2,1-3H3,(H,20,22)(H,21,23)(H,24,25). The average molecular weight is 369 g/mol. The predicted molar refractivity (Wildman–Crippen MR) is 96.3 cm³/mol. The van der Waals surface area contributed by atoms with E-state index in [1.165, 1.54) is 6.92 Å². The molecule has 0 aliphatic rings. The number of benzene rings is 1. The van der Waals surface area contributed by atoms with E-state index < -0.39 is 17.6 Å². The van der Waals surface area contributed by atoms with Gasteiger partial charge in [-0.1, -0.05) is 37.6 Å². The number of halogens is 1. The number of aliphatic carboxylic acids is 1. The summed E-state index contributed by atoms with van der Waals surface area (Å²) in [6, 6.07) is 6.37. The molecule has 1 unspecified atom stereocenters. The van der Waals surface area contributed by atoms with Gasteiger partial charge >= 0.3 is 5.97 Å². The number of hydrogen-bond donors (Lipinski definition) is 3. The average Bonchev–Trinajstić information content (AvgIpc) is 2.53. The van der Waals surface area contributed by atoms with Gasteiger partial charge in [0.25, 0.3) is 0 Å². The molecule has 0 aliphatic heterocycles. The molecule has 7 heteroatoms. The van der Waals surface area contributed by atoms with Crippen LogP contribution < -0.4 is 10.6 Å². The lowest BCUT2D eigenvalue weighted by Crippen LogP contribution is -2.49. The fourth-order valence-electron chi connectivity index (χ4n) is 2.74. The molecule has 6 nitrogen and oxygen atoms in total. The number of hydrogen-bond acceptors (Lipinski definition) is 3. The van der Waals surface area contributed by atoms with Gasteiger partial charge in [-0.25, -0.2) is 0 Å². The molecule has 0 aromatic heterocycles. The summed E-state index contributed by atoms with van der Waals surface area (Å²) in [6.45, 7) is 5.07. The van der Waals surface area contributed by atoms with Crippen LogP contribution in [0.15, 0.2) is 24.3 Å². The van der Waals surface area contributed by atoms with Crippen molar-refractivity contribution in [3.05, 3.63) is 34.9 Å². The Labute approximate surface area is 152 Å². The van der Waals surface area contributed by atoms with E-state index in [0.717, 1.165) is 5.56 Å². The molecule has 1 rings (SSSR count). The number of carbonyl (C=O) groups is 3. The zero-order valence-electron chi connectivity index (χ0n) is 14.8. The van der Waals surface area contributed by atoms with Crippen LogP contribution in [-0.4, -0.2) is 28.4 Å². The van der Waals surface area contributed by atoms with E-state index in [2.05, 4.69) is 10.6 Å². The molecule has 138 valence electrons. The van der Waals surface area contributed by atoms with Crippen molar-refractivity contribution in [1.82, 2.24) is 10.6 Å². The van der Waals surface area contributed by atoms with Gasteiger partial charge in [0.2, 0.25) is 11.8 Å². The van der Waals surface area contributed by atoms with Crippen molar-refractivity contribution in [3.8, 4) is 0 Å². The molecule has 0 aliphatic carbocycles. The van der Waals surface area contributed by atoms with Crippen molar-refractivity contribution in [2.24, 2.45) is 0 Å². The van der Waals surface area contributed by atoms with Gasteiger partial charge in [0.15, 0.2) is 0 Å². The van der Waals surface area contributed by atoms with Gasteiger partial charge in [0.05, 0.1) is 18.9 Å². The topological polar surface area (TPSA) is 95.5 Å². The van der Waals surface area contributed by atoms with E-state index in [0.29, 0.717) is 17.9 Å². The molecule has 1 aromatic carbocycles. The second kappa shape index (κ2) is 9.42. The normalized spacial score (nSPS) is 12.3. The van der Waals surface area contributed by atoms with Gasteiger partial charge in [-0.05, 0) is 30.5 Å². The number of nitrogens with one attached hydrogen (secondary N) is 2. The van der Waals surface area contributed by atoms with Crippen molar-refractivity contribution in [1.29, 1.82) is 0 Å². The van der Waals surface area contributed by atoms with Gasteiger partial charge in [-0.15, -0.1) is 0 Å². The van der Waals surface area contributed by atoms with Crippen LogP contribution in [0.4, 0.5) is 0 Å². The molecular formula is C18H25ClN2O4. The maximum absolute atomic E-state index is 12.5. The van der Waals surface area contributed by atoms with Crippen molar-refractivity contribution in [2.45, 2.75) is 58.0 Å². The first kappa shape index (κ1) is 21.0. The third-order valence-electron chi connectivity index (χ3n) is 4.29. The summed E-state index contributed by atoms with van der Waals surface area (Å²) < 4.78 is 0. The molecule has 3 N–H and O–H groups in total. The third kappa shape index (κ3) is 6.74. The lowest BCUT2D eigenvalue weighted by atomic mass is 9.88. The summed E-state index contributed by atoms with van der Waals surface area (Å²) in [6.07, 6.45) is 0.890. The Morgan fingerprint density at radius 1 is 1.16 bits per heavy atom. The van der Waals surface area contributed by atoms with Crippen LogP contribution in [0.5, 0.6) is 0 Å². The highest BCUT2D eigenvalue weighted by Crippen LogP contribution is 2.23. The zero-order chi connectivity index (χ0) is 19.0. The summed E-state index contributed by atoms with van der Waals surface area (Å²) in [7, 11) is 0. The number of carboxylic acids is 1. The van der Waals surface area contributed by atoms with E-state index in [1.54, 1.807) is 24.3 Å². The minimum absolute atomic E-state index is 0.0164. The van der Waals surface area contributed by atoms with Gasteiger partial charge in [-0.2, -0.15) is 0 Å². The quantitative estimate of drug-likeness (QED) is 0.624. The first-order valence-electron chi connectivity index (χ1n) is 8.26. The van der Waals surface area contributed by atoms with Crippen LogP contribution in [0.2, 0.25) is 5.02 Å². The largest absolute Gasteiger partial charge is 0.481 e. The number of rotatable bonds is 9. The van der Waals surface area contributed by atoms with Crippen LogP contribution in [-0.2, 0) is 14.4 Å². The van der Waals surface area contributed by atoms with Gasteiger partial charge in [-0.3, -0.25) is 14.4 Å². The summed E-state index contributed by atoms with van der Waals surface area (Å²) in [4.78, 5) is 35.1. The highest BCUT2D eigenvalue weighted by atomic mass is 35.5. The first-order valence-corrected chi connectivity index (χ1v) is 8.64. The van der Waals surface area contributed by atoms with Crippen LogP contribution in [0.3, 0.4) is 0 Å². The van der Waals surface area contributed by atoms with Crippen LogP contribution >= 0.6 is 11.6 Å². The molecule has 0 fully saturated rings. The minimum Gasteiger partial charge on any atom is -0.481 e. The van der Waals surface area contributed by atoms with E-state index in [-0.39, 0.29) is 24.7 Å². The fourth-order valence-corrected chi connectivity index (χ4v) is 2.86. The predicted octanol–water partition coefficient (Wildman–Crippen LogP) is 3.06. The fraction of sp³-hybridized carbons (Fsp3) is 0.500. The highest BCUT2D eigenvalue weighted by molar-refractivity contribution is 6.30. The van der Waals surface area contributed by atoms with Crippen LogP contribution in [0.25, 0.3) is 0 Å². The first-order chi connectivity index (χ1) is 11.7. The number of carbonyl (C=O) groups excluding carboxylic acids is 2. The van der Waals surface area contributed by atoms with Crippen molar-refractivity contribution in [2.75, 3.05) is 0 Å². The van der Waals surface area contributed by atoms with Crippen molar-refractivity contribution >= 4 is 29.4 Å². The summed E-state index contributed by atoms with van der Waals surface area (Å²) in [5.41, 5.74) is -0.0319. The number of amides is 2. The van der Waals surface area contributed by atoms with E-state index in [9.17, 15) is 14.4 Å². The maximum Gasteiger partial charge on any atom is 0.305 e. The van der Waals surface area contributed by atoms with E-state index in [1.807, 2.05) is 13.8 Å². The molecule has 1 aromatic rings. The molecular weight excluding hydrogens is 344 g/mol. The molecule has 0 saturated carbocycles. The maximum atomic E-state index is 12.5. The Hall–Kier alpha value is -2.08. The second-order valence-electron chi connectivity index (χ2n) is 6.11. The Morgan fingerprint density at radius 3 is 2.16 bits per heavy atom. The molecule has 0 radical (unpaired) electrons.